The number of hydrogen-bond donors (Lipinski definition) is 2. The summed E-state index contributed by atoms with van der Waals surface area (Å²) in [6.07, 6.45) is 1.44. The van der Waals surface area contributed by atoms with Gasteiger partial charge in [0.1, 0.15) is 0 Å². The number of nitriles is 1. The molecular formula is C17H24N4O2. The number of amides is 2. The van der Waals surface area contributed by atoms with Gasteiger partial charge in [-0.05, 0) is 44.5 Å². The van der Waals surface area contributed by atoms with Crippen molar-refractivity contribution in [3.05, 3.63) is 29.8 Å². The van der Waals surface area contributed by atoms with Crippen LogP contribution in [0.2, 0.25) is 0 Å². The first-order valence-corrected chi connectivity index (χ1v) is 7.99. The molecule has 0 saturated carbocycles. The number of morpholine rings is 1. The van der Waals surface area contributed by atoms with Crippen LogP contribution in [0.15, 0.2) is 24.3 Å². The van der Waals surface area contributed by atoms with E-state index in [0.717, 1.165) is 26.1 Å². The molecule has 2 N–H and O–H groups in total. The second kappa shape index (κ2) is 8.51. The molecule has 2 atom stereocenters. The topological polar surface area (TPSA) is 77.4 Å². The van der Waals surface area contributed by atoms with Gasteiger partial charge >= 0.3 is 6.03 Å². The lowest BCUT2D eigenvalue weighted by Gasteiger charge is -2.35. The van der Waals surface area contributed by atoms with Crippen molar-refractivity contribution in [1.82, 2.24) is 10.2 Å². The highest BCUT2D eigenvalue weighted by molar-refractivity contribution is 5.89. The lowest BCUT2D eigenvalue weighted by molar-refractivity contribution is -0.0679. The van der Waals surface area contributed by atoms with Crippen LogP contribution in [0, 0.1) is 11.3 Å². The van der Waals surface area contributed by atoms with Crippen molar-refractivity contribution in [3.8, 4) is 6.07 Å². The summed E-state index contributed by atoms with van der Waals surface area (Å²) in [6, 6.07) is 8.61. The number of carbonyl (C=O) groups excluding carboxylic acids is 1. The van der Waals surface area contributed by atoms with Crippen LogP contribution in [0.1, 0.15) is 25.8 Å². The molecule has 0 aromatic heterocycles. The van der Waals surface area contributed by atoms with Gasteiger partial charge in [-0.3, -0.25) is 4.90 Å². The maximum Gasteiger partial charge on any atom is 0.319 e. The zero-order valence-corrected chi connectivity index (χ0v) is 13.7. The van der Waals surface area contributed by atoms with Gasteiger partial charge in [-0.1, -0.05) is 0 Å². The predicted molar refractivity (Wildman–Crippen MR) is 89.2 cm³/mol. The Morgan fingerprint density at radius 1 is 1.30 bits per heavy atom. The second-order valence-corrected chi connectivity index (χ2v) is 5.94. The molecule has 124 valence electrons. The SMILES string of the molecule is CC1CN(CCCNC(=O)Nc2ccc(C#N)cc2)CC(C)O1. The van der Waals surface area contributed by atoms with Crippen LogP contribution in [-0.2, 0) is 4.74 Å². The van der Waals surface area contributed by atoms with Crippen LogP contribution < -0.4 is 10.6 Å². The summed E-state index contributed by atoms with van der Waals surface area (Å²) in [7, 11) is 0. The Kier molecular flexibility index (Phi) is 6.39. The molecule has 0 spiro atoms. The van der Waals surface area contributed by atoms with Gasteiger partial charge in [0.25, 0.3) is 0 Å². The van der Waals surface area contributed by atoms with Crippen LogP contribution >= 0.6 is 0 Å². The van der Waals surface area contributed by atoms with E-state index >= 15 is 0 Å². The third-order valence-electron chi connectivity index (χ3n) is 3.70. The highest BCUT2D eigenvalue weighted by Crippen LogP contribution is 2.11. The second-order valence-electron chi connectivity index (χ2n) is 5.94. The zero-order valence-electron chi connectivity index (χ0n) is 13.7. The van der Waals surface area contributed by atoms with Gasteiger partial charge in [0, 0.05) is 31.9 Å². The van der Waals surface area contributed by atoms with Crippen LogP contribution in [0.25, 0.3) is 0 Å². The van der Waals surface area contributed by atoms with Crippen molar-refractivity contribution in [1.29, 1.82) is 5.26 Å². The molecule has 2 amide bonds. The molecule has 0 aliphatic carbocycles. The van der Waals surface area contributed by atoms with Crippen molar-refractivity contribution in [2.75, 3.05) is 31.5 Å². The minimum Gasteiger partial charge on any atom is -0.373 e. The van der Waals surface area contributed by atoms with Gasteiger partial charge in [-0.25, -0.2) is 4.79 Å². The average Bonchev–Trinajstić information content (AvgIpc) is 2.51. The Balaban J connectivity index is 1.63. The maximum atomic E-state index is 11.8. The summed E-state index contributed by atoms with van der Waals surface area (Å²) in [5.41, 5.74) is 1.25. The van der Waals surface area contributed by atoms with Gasteiger partial charge in [-0.15, -0.1) is 0 Å². The number of nitrogens with one attached hydrogen (secondary N) is 2. The van der Waals surface area contributed by atoms with Crippen molar-refractivity contribution in [3.63, 3.8) is 0 Å². The summed E-state index contributed by atoms with van der Waals surface area (Å²) < 4.78 is 5.70. The number of ether oxygens (including phenoxy) is 1. The Labute approximate surface area is 137 Å². The molecular weight excluding hydrogens is 292 g/mol. The molecule has 1 aliphatic rings. The van der Waals surface area contributed by atoms with Gasteiger partial charge in [0.2, 0.25) is 0 Å². The first-order chi connectivity index (χ1) is 11.1. The molecule has 1 saturated heterocycles. The number of benzene rings is 1. The molecule has 1 aromatic rings. The molecule has 1 heterocycles. The van der Waals surface area contributed by atoms with Crippen molar-refractivity contribution in [2.24, 2.45) is 0 Å². The Morgan fingerprint density at radius 2 is 1.96 bits per heavy atom. The lowest BCUT2D eigenvalue weighted by Crippen LogP contribution is -2.46. The minimum atomic E-state index is -0.224. The number of hydrogen-bond acceptors (Lipinski definition) is 4. The van der Waals surface area contributed by atoms with Crippen LogP contribution in [-0.4, -0.2) is 49.3 Å². The van der Waals surface area contributed by atoms with E-state index in [-0.39, 0.29) is 18.2 Å². The van der Waals surface area contributed by atoms with E-state index in [1.54, 1.807) is 24.3 Å². The number of carbonyl (C=O) groups is 1. The van der Waals surface area contributed by atoms with Crippen molar-refractivity contribution < 1.29 is 9.53 Å². The summed E-state index contributed by atoms with van der Waals surface area (Å²) in [6.45, 7) is 7.65. The van der Waals surface area contributed by atoms with E-state index in [1.165, 1.54) is 0 Å². The number of nitrogens with zero attached hydrogens (tertiary/aromatic N) is 2. The zero-order chi connectivity index (χ0) is 16.7. The van der Waals surface area contributed by atoms with E-state index in [0.29, 0.717) is 17.8 Å². The molecule has 0 radical (unpaired) electrons. The number of urea groups is 1. The third-order valence-corrected chi connectivity index (χ3v) is 3.70. The smallest absolute Gasteiger partial charge is 0.319 e. The first-order valence-electron chi connectivity index (χ1n) is 7.99. The predicted octanol–water partition coefficient (Wildman–Crippen LogP) is 2.18. The number of anilines is 1. The fraction of sp³-hybridized carbons (Fsp3) is 0.529. The van der Waals surface area contributed by atoms with Crippen molar-refractivity contribution >= 4 is 11.7 Å². The van der Waals surface area contributed by atoms with Gasteiger partial charge in [0.05, 0.1) is 23.8 Å². The monoisotopic (exact) mass is 316 g/mol. The Morgan fingerprint density at radius 3 is 2.57 bits per heavy atom. The average molecular weight is 316 g/mol. The highest BCUT2D eigenvalue weighted by atomic mass is 16.5. The quantitative estimate of drug-likeness (QED) is 0.816. The van der Waals surface area contributed by atoms with Crippen LogP contribution in [0.3, 0.4) is 0 Å². The molecule has 6 heteroatoms. The molecule has 1 aromatic carbocycles. The molecule has 2 rings (SSSR count). The maximum absolute atomic E-state index is 11.8. The van der Waals surface area contributed by atoms with E-state index in [9.17, 15) is 4.79 Å². The normalized spacial score (nSPS) is 21.4. The van der Waals surface area contributed by atoms with Crippen molar-refractivity contribution in [2.45, 2.75) is 32.5 Å². The molecule has 23 heavy (non-hydrogen) atoms. The van der Waals surface area contributed by atoms with E-state index in [2.05, 4.69) is 29.4 Å². The van der Waals surface area contributed by atoms with Crippen LogP contribution in [0.4, 0.5) is 10.5 Å². The van der Waals surface area contributed by atoms with E-state index in [4.69, 9.17) is 10.00 Å². The number of rotatable bonds is 5. The van der Waals surface area contributed by atoms with E-state index in [1.807, 2.05) is 6.07 Å². The Bertz CT molecular complexity index is 543. The Hall–Kier alpha value is -2.10. The first kappa shape index (κ1) is 17.3. The third kappa shape index (κ3) is 5.89. The molecule has 6 nitrogen and oxygen atoms in total. The standard InChI is InChI=1S/C17H24N4O2/c1-13-11-21(12-14(2)23-13)9-3-8-19-17(22)20-16-6-4-15(10-18)5-7-16/h4-7,13-14H,3,8-9,11-12H2,1-2H3,(H2,19,20,22). The molecule has 0 bridgehead atoms. The summed E-state index contributed by atoms with van der Waals surface area (Å²) in [5.74, 6) is 0. The molecule has 1 aliphatic heterocycles. The van der Waals surface area contributed by atoms with E-state index < -0.39 is 0 Å². The molecule has 1 fully saturated rings. The minimum absolute atomic E-state index is 0.224. The fourth-order valence-corrected chi connectivity index (χ4v) is 2.77. The largest absolute Gasteiger partial charge is 0.373 e. The summed E-state index contributed by atoms with van der Waals surface area (Å²) in [5, 5.41) is 14.3. The molecule has 2 unspecified atom stereocenters. The lowest BCUT2D eigenvalue weighted by atomic mass is 10.2. The summed E-state index contributed by atoms with van der Waals surface area (Å²) in [4.78, 5) is 14.2. The fourth-order valence-electron chi connectivity index (χ4n) is 2.77. The van der Waals surface area contributed by atoms with Gasteiger partial charge in [0.15, 0.2) is 0 Å². The van der Waals surface area contributed by atoms with Gasteiger partial charge in [-0.2, -0.15) is 5.26 Å². The summed E-state index contributed by atoms with van der Waals surface area (Å²) >= 11 is 0. The van der Waals surface area contributed by atoms with Gasteiger partial charge < -0.3 is 15.4 Å². The highest BCUT2D eigenvalue weighted by Gasteiger charge is 2.21. The van der Waals surface area contributed by atoms with Crippen LogP contribution in [0.5, 0.6) is 0 Å².